The molecule has 0 bridgehead atoms. The van der Waals surface area contributed by atoms with Crippen molar-refractivity contribution in [1.29, 1.82) is 0 Å². The molecular weight excluding hydrogens is 294 g/mol. The Labute approximate surface area is 136 Å². The monoisotopic (exact) mass is 315 g/mol. The molecule has 0 saturated heterocycles. The second-order valence-electron chi connectivity index (χ2n) is 4.87. The van der Waals surface area contributed by atoms with Crippen molar-refractivity contribution >= 4 is 11.6 Å². The summed E-state index contributed by atoms with van der Waals surface area (Å²) in [6, 6.07) is 12.7. The predicted octanol–water partition coefficient (Wildman–Crippen LogP) is 3.28. The third kappa shape index (κ3) is 4.64. The largest absolute Gasteiger partial charge is 0.497 e. The van der Waals surface area contributed by atoms with Crippen LogP contribution in [-0.2, 0) is 11.2 Å². The highest BCUT2D eigenvalue weighted by atomic mass is 16.5. The van der Waals surface area contributed by atoms with Crippen molar-refractivity contribution in [3.05, 3.63) is 48.0 Å². The maximum absolute atomic E-state index is 12.1. The molecule has 23 heavy (non-hydrogen) atoms. The summed E-state index contributed by atoms with van der Waals surface area (Å²) in [4.78, 5) is 12.1. The van der Waals surface area contributed by atoms with Gasteiger partial charge in [0.2, 0.25) is 5.91 Å². The molecule has 1 N–H and O–H groups in total. The molecule has 5 heteroatoms. The SMILES string of the molecule is CCOc1ccc(NC(=O)Cc2ccc(OC)cc2)cc1OC. The summed E-state index contributed by atoms with van der Waals surface area (Å²) in [5.74, 6) is 1.92. The van der Waals surface area contributed by atoms with Gasteiger partial charge in [-0.15, -0.1) is 0 Å². The van der Waals surface area contributed by atoms with Gasteiger partial charge in [0.15, 0.2) is 11.5 Å². The Bertz CT molecular complexity index is 653. The molecule has 0 spiro atoms. The molecule has 0 radical (unpaired) electrons. The van der Waals surface area contributed by atoms with Crippen LogP contribution in [0.5, 0.6) is 17.2 Å². The van der Waals surface area contributed by atoms with Crippen molar-refractivity contribution in [3.8, 4) is 17.2 Å². The molecule has 0 atom stereocenters. The molecular formula is C18H21NO4. The quantitative estimate of drug-likeness (QED) is 0.852. The summed E-state index contributed by atoms with van der Waals surface area (Å²) < 4.78 is 15.8. The number of methoxy groups -OCH3 is 2. The highest BCUT2D eigenvalue weighted by molar-refractivity contribution is 5.92. The average Bonchev–Trinajstić information content (AvgIpc) is 2.57. The fourth-order valence-electron chi connectivity index (χ4n) is 2.15. The summed E-state index contributed by atoms with van der Waals surface area (Å²) in [5, 5.41) is 2.86. The van der Waals surface area contributed by atoms with Crippen molar-refractivity contribution in [1.82, 2.24) is 0 Å². The highest BCUT2D eigenvalue weighted by Crippen LogP contribution is 2.30. The van der Waals surface area contributed by atoms with E-state index in [1.165, 1.54) is 0 Å². The van der Waals surface area contributed by atoms with Crippen molar-refractivity contribution in [2.24, 2.45) is 0 Å². The van der Waals surface area contributed by atoms with Crippen molar-refractivity contribution in [2.45, 2.75) is 13.3 Å². The van der Waals surface area contributed by atoms with Gasteiger partial charge in [0.05, 0.1) is 27.2 Å². The number of nitrogens with one attached hydrogen (secondary N) is 1. The van der Waals surface area contributed by atoms with Crippen LogP contribution >= 0.6 is 0 Å². The molecule has 2 aromatic carbocycles. The molecule has 0 saturated carbocycles. The fourth-order valence-corrected chi connectivity index (χ4v) is 2.15. The van der Waals surface area contributed by atoms with Gasteiger partial charge in [-0.3, -0.25) is 4.79 Å². The first-order valence-electron chi connectivity index (χ1n) is 7.40. The predicted molar refractivity (Wildman–Crippen MR) is 89.5 cm³/mol. The molecule has 0 aromatic heterocycles. The number of anilines is 1. The first kappa shape index (κ1) is 16.7. The van der Waals surface area contributed by atoms with Gasteiger partial charge in [0, 0.05) is 11.8 Å². The molecule has 5 nitrogen and oxygen atoms in total. The van der Waals surface area contributed by atoms with Gasteiger partial charge in [-0.2, -0.15) is 0 Å². The van der Waals surface area contributed by atoms with E-state index in [1.54, 1.807) is 32.4 Å². The number of hydrogen-bond donors (Lipinski definition) is 1. The number of hydrogen-bond acceptors (Lipinski definition) is 4. The van der Waals surface area contributed by atoms with Gasteiger partial charge < -0.3 is 19.5 Å². The van der Waals surface area contributed by atoms with Crippen LogP contribution in [-0.4, -0.2) is 26.7 Å². The van der Waals surface area contributed by atoms with Crippen LogP contribution in [0.3, 0.4) is 0 Å². The first-order chi connectivity index (χ1) is 11.2. The molecule has 0 aliphatic heterocycles. The van der Waals surface area contributed by atoms with E-state index >= 15 is 0 Å². The molecule has 0 heterocycles. The summed E-state index contributed by atoms with van der Waals surface area (Å²) in [6.45, 7) is 2.46. The molecule has 0 aliphatic rings. The van der Waals surface area contributed by atoms with Gasteiger partial charge in [-0.1, -0.05) is 12.1 Å². The van der Waals surface area contributed by atoms with Crippen LogP contribution in [0.25, 0.3) is 0 Å². The van der Waals surface area contributed by atoms with Crippen LogP contribution in [0.15, 0.2) is 42.5 Å². The second-order valence-corrected chi connectivity index (χ2v) is 4.87. The maximum Gasteiger partial charge on any atom is 0.228 e. The number of rotatable bonds is 7. The minimum Gasteiger partial charge on any atom is -0.497 e. The van der Waals surface area contributed by atoms with E-state index in [4.69, 9.17) is 14.2 Å². The van der Waals surface area contributed by atoms with Crippen LogP contribution in [0.2, 0.25) is 0 Å². The van der Waals surface area contributed by atoms with Gasteiger partial charge >= 0.3 is 0 Å². The molecule has 2 aromatic rings. The van der Waals surface area contributed by atoms with Crippen molar-refractivity contribution < 1.29 is 19.0 Å². The van der Waals surface area contributed by atoms with Crippen LogP contribution in [0.4, 0.5) is 5.69 Å². The summed E-state index contributed by atoms with van der Waals surface area (Å²) in [6.07, 6.45) is 0.291. The highest BCUT2D eigenvalue weighted by Gasteiger charge is 2.08. The Morgan fingerprint density at radius 2 is 1.74 bits per heavy atom. The van der Waals surface area contributed by atoms with Crippen molar-refractivity contribution in [2.75, 3.05) is 26.1 Å². The summed E-state index contributed by atoms with van der Waals surface area (Å²) in [5.41, 5.74) is 1.59. The minimum absolute atomic E-state index is 0.0959. The normalized spacial score (nSPS) is 10.0. The zero-order chi connectivity index (χ0) is 16.7. The lowest BCUT2D eigenvalue weighted by Crippen LogP contribution is -2.14. The smallest absolute Gasteiger partial charge is 0.228 e. The van der Waals surface area contributed by atoms with Gasteiger partial charge in [0.1, 0.15) is 5.75 Å². The van der Waals surface area contributed by atoms with Crippen molar-refractivity contribution in [3.63, 3.8) is 0 Å². The van der Waals surface area contributed by atoms with E-state index in [9.17, 15) is 4.79 Å². The minimum atomic E-state index is -0.0959. The maximum atomic E-state index is 12.1. The second kappa shape index (κ2) is 8.08. The Hall–Kier alpha value is -2.69. The Morgan fingerprint density at radius 3 is 2.35 bits per heavy atom. The number of benzene rings is 2. The number of carbonyl (C=O) groups excluding carboxylic acids is 1. The molecule has 1 amide bonds. The summed E-state index contributed by atoms with van der Waals surface area (Å²) >= 11 is 0. The fraction of sp³-hybridized carbons (Fsp3) is 0.278. The average molecular weight is 315 g/mol. The topological polar surface area (TPSA) is 56.8 Å². The van der Waals surface area contributed by atoms with E-state index in [-0.39, 0.29) is 5.91 Å². The van der Waals surface area contributed by atoms with E-state index in [0.29, 0.717) is 30.2 Å². The lowest BCUT2D eigenvalue weighted by atomic mass is 10.1. The van der Waals surface area contributed by atoms with Gasteiger partial charge in [0.25, 0.3) is 0 Å². The van der Waals surface area contributed by atoms with Gasteiger partial charge in [-0.05, 0) is 36.8 Å². The van der Waals surface area contributed by atoms with Gasteiger partial charge in [-0.25, -0.2) is 0 Å². The molecule has 122 valence electrons. The summed E-state index contributed by atoms with van der Waals surface area (Å²) in [7, 11) is 3.18. The molecule has 2 rings (SSSR count). The Morgan fingerprint density at radius 1 is 1.00 bits per heavy atom. The number of carbonyl (C=O) groups is 1. The van der Waals surface area contributed by atoms with E-state index in [0.717, 1.165) is 11.3 Å². The Balaban J connectivity index is 2.01. The van der Waals surface area contributed by atoms with Crippen LogP contribution in [0.1, 0.15) is 12.5 Å². The van der Waals surface area contributed by atoms with E-state index in [1.807, 2.05) is 31.2 Å². The van der Waals surface area contributed by atoms with Crippen LogP contribution < -0.4 is 19.5 Å². The van der Waals surface area contributed by atoms with E-state index < -0.39 is 0 Å². The standard InChI is InChI=1S/C18H21NO4/c1-4-23-16-10-7-14(12-17(16)22-3)19-18(20)11-13-5-8-15(21-2)9-6-13/h5-10,12H,4,11H2,1-3H3,(H,19,20). The molecule has 0 aliphatic carbocycles. The zero-order valence-corrected chi connectivity index (χ0v) is 13.6. The third-order valence-electron chi connectivity index (χ3n) is 3.27. The first-order valence-corrected chi connectivity index (χ1v) is 7.40. The third-order valence-corrected chi connectivity index (χ3v) is 3.27. The number of amides is 1. The Kier molecular flexibility index (Phi) is 5.86. The molecule has 0 unspecified atom stereocenters. The van der Waals surface area contributed by atoms with Crippen LogP contribution in [0, 0.1) is 0 Å². The van der Waals surface area contributed by atoms with E-state index in [2.05, 4.69) is 5.32 Å². The number of ether oxygens (including phenoxy) is 3. The lowest BCUT2D eigenvalue weighted by molar-refractivity contribution is -0.115. The lowest BCUT2D eigenvalue weighted by Gasteiger charge is -2.12. The molecule has 0 fully saturated rings. The zero-order valence-electron chi connectivity index (χ0n) is 13.6.